The van der Waals surface area contributed by atoms with Gasteiger partial charge in [0.15, 0.2) is 0 Å². The highest BCUT2D eigenvalue weighted by Crippen LogP contribution is 2.11. The Morgan fingerprint density at radius 2 is 2.36 bits per heavy atom. The first kappa shape index (κ1) is 10.5. The van der Waals surface area contributed by atoms with Crippen LogP contribution in [0.15, 0.2) is 30.3 Å². The average Bonchev–Trinajstić information content (AvgIpc) is 2.14. The van der Waals surface area contributed by atoms with Gasteiger partial charge in [-0.05, 0) is 24.6 Å². The van der Waals surface area contributed by atoms with Crippen LogP contribution in [-0.2, 0) is 5.11 Å². The van der Waals surface area contributed by atoms with Gasteiger partial charge < -0.3 is 5.32 Å². The van der Waals surface area contributed by atoms with E-state index >= 15 is 0 Å². The van der Waals surface area contributed by atoms with Crippen molar-refractivity contribution in [3.63, 3.8) is 0 Å². The van der Waals surface area contributed by atoms with Gasteiger partial charge in [-0.3, -0.25) is 5.41 Å². The highest BCUT2D eigenvalue weighted by atomic mass is 16.2. The summed E-state index contributed by atoms with van der Waals surface area (Å²) in [5.41, 5.74) is 1.83. The van der Waals surface area contributed by atoms with E-state index in [0.717, 1.165) is 11.3 Å². The van der Waals surface area contributed by atoms with Crippen molar-refractivity contribution < 1.29 is 5.11 Å². The molecule has 73 valence electrons. The molecule has 0 atom stereocenters. The predicted octanol–water partition coefficient (Wildman–Crippen LogP) is 2.54. The van der Waals surface area contributed by atoms with Crippen LogP contribution in [0, 0.1) is 5.41 Å². The van der Waals surface area contributed by atoms with Gasteiger partial charge in [0.25, 0.3) is 0 Å². The second-order valence-electron chi connectivity index (χ2n) is 2.94. The fourth-order valence-electron chi connectivity index (χ4n) is 1.12. The van der Waals surface area contributed by atoms with Crippen molar-refractivity contribution in [3.8, 4) is 0 Å². The van der Waals surface area contributed by atoms with Gasteiger partial charge >= 0.3 is 0 Å². The molecule has 0 aliphatic carbocycles. The summed E-state index contributed by atoms with van der Waals surface area (Å²) in [6, 6.07) is 7.57. The van der Waals surface area contributed by atoms with Gasteiger partial charge in [0, 0.05) is 5.69 Å². The first-order valence-electron chi connectivity index (χ1n) is 4.39. The van der Waals surface area contributed by atoms with E-state index in [0.29, 0.717) is 5.84 Å². The Morgan fingerprint density at radius 3 is 3.00 bits per heavy atom. The molecule has 0 unspecified atom stereocenters. The Morgan fingerprint density at radius 1 is 1.57 bits per heavy atom. The molecule has 0 fully saturated rings. The lowest BCUT2D eigenvalue weighted by Crippen LogP contribution is -2.04. The summed E-state index contributed by atoms with van der Waals surface area (Å²) in [5, 5.41) is 20.4. The molecular weight excluding hydrogens is 176 g/mol. The molecule has 0 bridgehead atoms. The third kappa shape index (κ3) is 3.41. The van der Waals surface area contributed by atoms with Gasteiger partial charge in [0.05, 0.1) is 5.84 Å². The van der Waals surface area contributed by atoms with E-state index in [-0.39, 0.29) is 6.61 Å². The maximum absolute atomic E-state index is 10.2. The molecule has 3 nitrogen and oxygen atoms in total. The van der Waals surface area contributed by atoms with Crippen LogP contribution in [-0.4, -0.2) is 12.4 Å². The molecule has 3 heteroatoms. The lowest BCUT2D eigenvalue weighted by molar-refractivity contribution is 0.233. The number of amidine groups is 1. The lowest BCUT2D eigenvalue weighted by atomic mass is 10.2. The van der Waals surface area contributed by atoms with Crippen molar-refractivity contribution in [2.45, 2.75) is 6.92 Å². The van der Waals surface area contributed by atoms with E-state index in [2.05, 4.69) is 5.32 Å². The Hall–Kier alpha value is -1.61. The minimum atomic E-state index is -0.207. The molecule has 14 heavy (non-hydrogen) atoms. The van der Waals surface area contributed by atoms with E-state index in [4.69, 9.17) is 5.41 Å². The zero-order valence-corrected chi connectivity index (χ0v) is 8.08. The highest BCUT2D eigenvalue weighted by Gasteiger charge is 1.92. The molecule has 0 saturated carbocycles. The van der Waals surface area contributed by atoms with Crippen molar-refractivity contribution in [2.75, 3.05) is 11.9 Å². The number of hydrogen-bond donors (Lipinski definition) is 2. The maximum Gasteiger partial charge on any atom is 0.101 e. The van der Waals surface area contributed by atoms with Gasteiger partial charge in [-0.25, -0.2) is 5.11 Å². The van der Waals surface area contributed by atoms with Crippen LogP contribution in [0.2, 0.25) is 0 Å². The van der Waals surface area contributed by atoms with Crippen LogP contribution < -0.4 is 5.32 Å². The molecule has 0 aliphatic rings. The van der Waals surface area contributed by atoms with Crippen LogP contribution in [0.3, 0.4) is 0 Å². The first-order valence-corrected chi connectivity index (χ1v) is 4.39. The van der Waals surface area contributed by atoms with E-state index in [1.807, 2.05) is 24.3 Å². The molecule has 1 aromatic carbocycles. The molecule has 0 aromatic heterocycles. The first-order chi connectivity index (χ1) is 6.72. The van der Waals surface area contributed by atoms with Crippen LogP contribution in [0.1, 0.15) is 12.5 Å². The predicted molar refractivity (Wildman–Crippen MR) is 58.1 cm³/mol. The molecule has 1 rings (SSSR count). The monoisotopic (exact) mass is 189 g/mol. The lowest BCUT2D eigenvalue weighted by Gasteiger charge is -2.04. The summed E-state index contributed by atoms with van der Waals surface area (Å²) >= 11 is 0. The topological polar surface area (TPSA) is 55.8 Å². The number of rotatable bonds is 3. The summed E-state index contributed by atoms with van der Waals surface area (Å²) in [4.78, 5) is 0. The minimum absolute atomic E-state index is 0.207. The smallest absolute Gasteiger partial charge is 0.101 e. The fraction of sp³-hybridized carbons (Fsp3) is 0.182. The molecule has 0 heterocycles. The van der Waals surface area contributed by atoms with Crippen LogP contribution in [0.5, 0.6) is 0 Å². The van der Waals surface area contributed by atoms with Gasteiger partial charge in [0.2, 0.25) is 0 Å². The SMILES string of the molecule is CC(=N)Nc1cccc(/C=C/C[O])c1. The minimum Gasteiger partial charge on any atom is -0.344 e. The standard InChI is InChI=1S/C11H13N2O/c1-9(12)13-11-6-2-4-10(8-11)5-3-7-14/h2-6,8H,7H2,1H3,(H2,12,13)/b5-3+. The Labute approximate surface area is 83.6 Å². The molecular formula is C11H13N2O. The second kappa shape index (κ2) is 5.19. The van der Waals surface area contributed by atoms with E-state index in [1.165, 1.54) is 0 Å². The highest BCUT2D eigenvalue weighted by molar-refractivity contribution is 5.91. The van der Waals surface area contributed by atoms with Crippen molar-refractivity contribution in [1.82, 2.24) is 0 Å². The molecule has 0 saturated heterocycles. The normalized spacial score (nSPS) is 10.4. The van der Waals surface area contributed by atoms with Gasteiger partial charge in [0.1, 0.15) is 6.61 Å². The van der Waals surface area contributed by atoms with Crippen LogP contribution in [0.4, 0.5) is 5.69 Å². The second-order valence-corrected chi connectivity index (χ2v) is 2.94. The molecule has 0 aliphatic heterocycles. The van der Waals surface area contributed by atoms with Crippen molar-refractivity contribution in [1.29, 1.82) is 5.41 Å². The Bertz CT molecular complexity index is 345. The maximum atomic E-state index is 10.2. The van der Waals surface area contributed by atoms with Crippen molar-refractivity contribution >= 4 is 17.6 Å². The largest absolute Gasteiger partial charge is 0.344 e. The Balaban J connectivity index is 2.78. The van der Waals surface area contributed by atoms with E-state index in [1.54, 1.807) is 19.1 Å². The molecule has 0 spiro atoms. The van der Waals surface area contributed by atoms with E-state index in [9.17, 15) is 5.11 Å². The van der Waals surface area contributed by atoms with Crippen molar-refractivity contribution in [3.05, 3.63) is 35.9 Å². The summed E-state index contributed by atoms with van der Waals surface area (Å²) in [5.74, 6) is 0.398. The molecule has 0 amide bonds. The molecule has 1 radical (unpaired) electrons. The van der Waals surface area contributed by atoms with Gasteiger partial charge in [-0.1, -0.05) is 24.3 Å². The average molecular weight is 189 g/mol. The summed E-state index contributed by atoms with van der Waals surface area (Å²) in [6.07, 6.45) is 3.34. The zero-order chi connectivity index (χ0) is 10.4. The van der Waals surface area contributed by atoms with Crippen LogP contribution in [0.25, 0.3) is 6.08 Å². The summed E-state index contributed by atoms with van der Waals surface area (Å²) in [7, 11) is 0. The quantitative estimate of drug-likeness (QED) is 0.557. The third-order valence-corrected chi connectivity index (χ3v) is 1.62. The zero-order valence-electron chi connectivity index (χ0n) is 8.08. The number of benzene rings is 1. The molecule has 2 N–H and O–H groups in total. The summed E-state index contributed by atoms with van der Waals surface area (Å²) in [6.45, 7) is 1.47. The summed E-state index contributed by atoms with van der Waals surface area (Å²) < 4.78 is 0. The third-order valence-electron chi connectivity index (χ3n) is 1.62. The Kier molecular flexibility index (Phi) is 3.88. The van der Waals surface area contributed by atoms with Crippen LogP contribution >= 0.6 is 0 Å². The number of nitrogens with one attached hydrogen (secondary N) is 2. The van der Waals surface area contributed by atoms with E-state index < -0.39 is 0 Å². The van der Waals surface area contributed by atoms with Gasteiger partial charge in [-0.15, -0.1) is 0 Å². The van der Waals surface area contributed by atoms with Gasteiger partial charge in [-0.2, -0.15) is 0 Å². The number of hydrogen-bond acceptors (Lipinski definition) is 1. The van der Waals surface area contributed by atoms with Crippen molar-refractivity contribution in [2.24, 2.45) is 0 Å². The fourth-order valence-corrected chi connectivity index (χ4v) is 1.12. The number of anilines is 1. The molecule has 1 aromatic rings.